The highest BCUT2D eigenvalue weighted by Gasteiger charge is 2.10. The van der Waals surface area contributed by atoms with Crippen molar-refractivity contribution in [1.29, 1.82) is 0 Å². The fourth-order valence-electron chi connectivity index (χ4n) is 0.918. The summed E-state index contributed by atoms with van der Waals surface area (Å²) < 4.78 is 11.9. The van der Waals surface area contributed by atoms with Crippen LogP contribution in [0.15, 0.2) is 4.40 Å². The summed E-state index contributed by atoms with van der Waals surface area (Å²) in [5.74, 6) is 0.532. The van der Waals surface area contributed by atoms with E-state index in [1.807, 2.05) is 0 Å². The largest absolute Gasteiger partial charge is 0.316 e. The Balaban J connectivity index is 2.18. The molecule has 0 aromatic rings. The summed E-state index contributed by atoms with van der Waals surface area (Å²) in [6.45, 7) is 2.08. The molecular weight excluding hydrogens is 136 g/mol. The molecular formula is C5H10N2OS. The van der Waals surface area contributed by atoms with Crippen LogP contribution in [-0.4, -0.2) is 23.9 Å². The minimum Gasteiger partial charge on any atom is -0.316 e. The van der Waals surface area contributed by atoms with E-state index in [0.717, 1.165) is 19.5 Å². The molecule has 1 aliphatic rings. The first-order chi connectivity index (χ1) is 4.43. The molecule has 0 amide bonds. The van der Waals surface area contributed by atoms with Crippen molar-refractivity contribution < 1.29 is 4.55 Å². The van der Waals surface area contributed by atoms with Crippen molar-refractivity contribution in [1.82, 2.24) is 5.32 Å². The molecule has 0 bridgehead atoms. The summed E-state index contributed by atoms with van der Waals surface area (Å²) in [5, 5.41) is 3.20. The smallest absolute Gasteiger partial charge is 0.133 e. The van der Waals surface area contributed by atoms with Crippen LogP contribution in [0, 0.1) is 5.92 Å². The summed E-state index contributed by atoms with van der Waals surface area (Å²) in [6.07, 6.45) is 2.94. The van der Waals surface area contributed by atoms with Crippen LogP contribution in [0.1, 0.15) is 6.42 Å². The van der Waals surface area contributed by atoms with Crippen LogP contribution in [0.3, 0.4) is 0 Å². The van der Waals surface area contributed by atoms with E-state index < -0.39 is 0 Å². The second kappa shape index (κ2) is 3.87. The SMILES string of the molecule is OS/N=C/C1CCNC1. The minimum absolute atomic E-state index is 0.530. The van der Waals surface area contributed by atoms with Gasteiger partial charge < -0.3 is 9.87 Å². The molecule has 1 saturated heterocycles. The number of hydrogen-bond donors (Lipinski definition) is 2. The van der Waals surface area contributed by atoms with Crippen molar-refractivity contribution in [2.45, 2.75) is 6.42 Å². The maximum atomic E-state index is 8.22. The summed E-state index contributed by atoms with van der Waals surface area (Å²) in [7, 11) is 0. The van der Waals surface area contributed by atoms with Crippen LogP contribution in [0.25, 0.3) is 0 Å². The molecule has 9 heavy (non-hydrogen) atoms. The molecule has 3 nitrogen and oxygen atoms in total. The molecule has 1 heterocycles. The predicted octanol–water partition coefficient (Wildman–Crippen LogP) is 0.788. The third kappa shape index (κ3) is 2.34. The Morgan fingerprint density at radius 1 is 1.78 bits per heavy atom. The average molecular weight is 146 g/mol. The van der Waals surface area contributed by atoms with Gasteiger partial charge in [-0.1, -0.05) is 0 Å². The van der Waals surface area contributed by atoms with Gasteiger partial charge in [-0.05, 0) is 13.0 Å². The highest BCUT2D eigenvalue weighted by atomic mass is 32.2. The summed E-state index contributed by atoms with van der Waals surface area (Å²) in [4.78, 5) is 0. The maximum Gasteiger partial charge on any atom is 0.133 e. The van der Waals surface area contributed by atoms with E-state index in [1.165, 1.54) is 0 Å². The predicted molar refractivity (Wildman–Crippen MR) is 39.7 cm³/mol. The van der Waals surface area contributed by atoms with Crippen LogP contribution in [0.5, 0.6) is 0 Å². The zero-order chi connectivity index (χ0) is 6.53. The molecule has 4 heteroatoms. The van der Waals surface area contributed by atoms with Crippen molar-refractivity contribution in [2.24, 2.45) is 10.3 Å². The van der Waals surface area contributed by atoms with Crippen LogP contribution < -0.4 is 5.32 Å². The first-order valence-corrected chi connectivity index (χ1v) is 3.71. The highest BCUT2D eigenvalue weighted by Crippen LogP contribution is 2.05. The Morgan fingerprint density at radius 2 is 2.67 bits per heavy atom. The lowest BCUT2D eigenvalue weighted by molar-refractivity contribution is 0.665. The summed E-state index contributed by atoms with van der Waals surface area (Å²) in [5.41, 5.74) is 0. The summed E-state index contributed by atoms with van der Waals surface area (Å²) in [6, 6.07) is 0. The normalized spacial score (nSPS) is 27.9. The molecule has 1 aliphatic heterocycles. The monoisotopic (exact) mass is 146 g/mol. The van der Waals surface area contributed by atoms with Gasteiger partial charge in [0.2, 0.25) is 0 Å². The molecule has 1 unspecified atom stereocenters. The van der Waals surface area contributed by atoms with Crippen LogP contribution >= 0.6 is 12.2 Å². The molecule has 0 aliphatic carbocycles. The van der Waals surface area contributed by atoms with Crippen LogP contribution in [-0.2, 0) is 0 Å². The van der Waals surface area contributed by atoms with Gasteiger partial charge in [0.1, 0.15) is 12.2 Å². The number of rotatable bonds is 2. The zero-order valence-corrected chi connectivity index (χ0v) is 5.90. The van der Waals surface area contributed by atoms with Gasteiger partial charge in [0.05, 0.1) is 0 Å². The zero-order valence-electron chi connectivity index (χ0n) is 5.08. The van der Waals surface area contributed by atoms with Crippen molar-refractivity contribution in [3.8, 4) is 0 Å². The lowest BCUT2D eigenvalue weighted by atomic mass is 10.1. The van der Waals surface area contributed by atoms with Gasteiger partial charge in [-0.3, -0.25) is 0 Å². The molecule has 0 aromatic heterocycles. The summed E-state index contributed by atoms with van der Waals surface area (Å²) >= 11 is 0.530. The third-order valence-corrected chi connectivity index (χ3v) is 1.63. The van der Waals surface area contributed by atoms with E-state index in [0.29, 0.717) is 18.1 Å². The van der Waals surface area contributed by atoms with Gasteiger partial charge in [-0.2, -0.15) is 0 Å². The molecule has 52 valence electrons. The fraction of sp³-hybridized carbons (Fsp3) is 0.800. The Morgan fingerprint density at radius 3 is 3.22 bits per heavy atom. The first-order valence-electron chi connectivity index (χ1n) is 2.98. The standard InChI is InChI=1S/C5H10N2OS/c8-9-7-4-5-1-2-6-3-5/h4-6,8H,1-3H2/b7-4+. The van der Waals surface area contributed by atoms with E-state index in [2.05, 4.69) is 9.71 Å². The Labute approximate surface area is 58.9 Å². The lowest BCUT2D eigenvalue weighted by Gasteiger charge is -1.94. The van der Waals surface area contributed by atoms with Crippen molar-refractivity contribution in [2.75, 3.05) is 13.1 Å². The van der Waals surface area contributed by atoms with E-state index in [4.69, 9.17) is 4.55 Å². The van der Waals surface area contributed by atoms with Crippen molar-refractivity contribution in [3.63, 3.8) is 0 Å². The number of nitrogens with zero attached hydrogens (tertiary/aromatic N) is 1. The van der Waals surface area contributed by atoms with Gasteiger partial charge in [0, 0.05) is 18.7 Å². The van der Waals surface area contributed by atoms with Gasteiger partial charge in [-0.15, -0.1) is 0 Å². The molecule has 0 radical (unpaired) electrons. The Bertz CT molecular complexity index is 101. The molecule has 1 fully saturated rings. The molecule has 0 aromatic carbocycles. The van der Waals surface area contributed by atoms with Gasteiger partial charge in [0.25, 0.3) is 0 Å². The molecule has 0 saturated carbocycles. The fourth-order valence-corrected chi connectivity index (χ4v) is 1.14. The van der Waals surface area contributed by atoms with Crippen LogP contribution in [0.4, 0.5) is 0 Å². The maximum absolute atomic E-state index is 8.22. The first kappa shape index (κ1) is 7.05. The minimum atomic E-state index is 0.530. The van der Waals surface area contributed by atoms with Crippen molar-refractivity contribution in [3.05, 3.63) is 0 Å². The number of nitrogens with one attached hydrogen (secondary N) is 1. The number of hydrogen-bond acceptors (Lipinski definition) is 4. The van der Waals surface area contributed by atoms with Gasteiger partial charge in [0.15, 0.2) is 0 Å². The molecule has 2 N–H and O–H groups in total. The van der Waals surface area contributed by atoms with Crippen molar-refractivity contribution >= 4 is 18.4 Å². The lowest BCUT2D eigenvalue weighted by Crippen LogP contribution is -2.09. The van der Waals surface area contributed by atoms with Crippen LogP contribution in [0.2, 0.25) is 0 Å². The molecule has 0 spiro atoms. The second-order valence-electron chi connectivity index (χ2n) is 2.09. The van der Waals surface area contributed by atoms with Gasteiger partial charge in [-0.25, -0.2) is 4.40 Å². The Kier molecular flexibility index (Phi) is 3.03. The van der Waals surface area contributed by atoms with E-state index in [-0.39, 0.29) is 0 Å². The molecule has 1 atom stereocenters. The third-order valence-electron chi connectivity index (χ3n) is 1.42. The second-order valence-corrected chi connectivity index (χ2v) is 2.46. The van der Waals surface area contributed by atoms with E-state index >= 15 is 0 Å². The van der Waals surface area contributed by atoms with Gasteiger partial charge >= 0.3 is 0 Å². The molecule has 1 rings (SSSR count). The topological polar surface area (TPSA) is 44.6 Å². The van der Waals surface area contributed by atoms with E-state index in [9.17, 15) is 0 Å². The average Bonchev–Trinajstić information content (AvgIpc) is 2.34. The van der Waals surface area contributed by atoms with E-state index in [1.54, 1.807) is 6.21 Å². The highest BCUT2D eigenvalue weighted by molar-refractivity contribution is 7.92. The quantitative estimate of drug-likeness (QED) is 0.344. The Hall–Kier alpha value is -0.0600.